The van der Waals surface area contributed by atoms with Gasteiger partial charge in [0.2, 0.25) is 0 Å². The van der Waals surface area contributed by atoms with Gasteiger partial charge in [-0.05, 0) is 38.1 Å². The van der Waals surface area contributed by atoms with E-state index in [0.29, 0.717) is 16.4 Å². The molecule has 0 spiro atoms. The van der Waals surface area contributed by atoms with Crippen molar-refractivity contribution in [3.05, 3.63) is 34.7 Å². The standard InChI is InChI=1S/C12H15ClN4O2.C2H3N.ClH.Pd/c1-8(9(2)17-19)15-16-12(18)7-14-11-5-3-10(13)4-6-11;1-2-3;;/h3-6,14H,7H2,1-2H3,(H2,15,16,17,18,19);1H3;1H;/q;;;+2/p-2. The molecular weight excluding hydrogens is 448 g/mol. The molecule has 0 atom stereocenters. The molecule has 0 saturated heterocycles. The minimum absolute atomic E-state index is 0.0216. The summed E-state index contributed by atoms with van der Waals surface area (Å²) in [7, 11) is 4.49. The van der Waals surface area contributed by atoms with E-state index in [4.69, 9.17) is 22.1 Å². The summed E-state index contributed by atoms with van der Waals surface area (Å²) in [6, 6.07) is 8.70. The summed E-state index contributed by atoms with van der Waals surface area (Å²) < 4.78 is 0. The van der Waals surface area contributed by atoms with Crippen molar-refractivity contribution in [2.24, 2.45) is 10.3 Å². The van der Waals surface area contributed by atoms with Crippen molar-refractivity contribution < 1.29 is 28.2 Å². The number of hydrogen-bond donors (Lipinski definition) is 2. The Labute approximate surface area is 161 Å². The zero-order valence-electron chi connectivity index (χ0n) is 13.2. The van der Waals surface area contributed by atoms with Gasteiger partial charge >= 0.3 is 27.7 Å². The summed E-state index contributed by atoms with van der Waals surface area (Å²) in [5.41, 5.74) is 4.94. The predicted octanol–water partition coefficient (Wildman–Crippen LogP) is 4.10. The van der Waals surface area contributed by atoms with Crippen molar-refractivity contribution in [3.63, 3.8) is 0 Å². The van der Waals surface area contributed by atoms with E-state index in [9.17, 15) is 4.79 Å². The molecule has 0 aliphatic carbocycles. The van der Waals surface area contributed by atoms with Gasteiger partial charge in [-0.25, -0.2) is 0 Å². The van der Waals surface area contributed by atoms with Gasteiger partial charge in [0, 0.05) is 23.3 Å². The molecule has 10 heteroatoms. The van der Waals surface area contributed by atoms with Gasteiger partial charge < -0.3 is 25.8 Å². The molecule has 1 aromatic rings. The first-order valence-corrected chi connectivity index (χ1v) is 8.72. The summed E-state index contributed by atoms with van der Waals surface area (Å²) in [6.45, 7) is 4.61. The van der Waals surface area contributed by atoms with Crippen molar-refractivity contribution in [2.75, 3.05) is 11.9 Å². The van der Waals surface area contributed by atoms with Crippen LogP contribution in [0.4, 0.5) is 5.69 Å². The van der Waals surface area contributed by atoms with Gasteiger partial charge in [-0.1, -0.05) is 16.8 Å². The second-order valence-electron chi connectivity index (χ2n) is 3.95. The van der Waals surface area contributed by atoms with Crippen LogP contribution in [0.2, 0.25) is 5.02 Å². The number of nitrogens with one attached hydrogen (secondary N) is 1. The molecule has 2 N–H and O–H groups in total. The number of nitriles is 1. The van der Waals surface area contributed by atoms with Gasteiger partial charge in [0.05, 0.1) is 24.2 Å². The molecule has 7 nitrogen and oxygen atoms in total. The topological polar surface area (TPSA) is 112 Å². The van der Waals surface area contributed by atoms with Crippen LogP contribution in [0.5, 0.6) is 0 Å². The third-order valence-electron chi connectivity index (χ3n) is 2.27. The Morgan fingerprint density at radius 2 is 1.83 bits per heavy atom. The zero-order valence-corrected chi connectivity index (χ0v) is 16.3. The molecule has 24 heavy (non-hydrogen) atoms. The van der Waals surface area contributed by atoms with Crippen molar-refractivity contribution >= 4 is 44.1 Å². The maximum absolute atomic E-state index is 11.4. The number of carbonyl (C=O) groups excluding carboxylic acids is 1. The Morgan fingerprint density at radius 1 is 1.33 bits per heavy atom. The van der Waals surface area contributed by atoms with Crippen LogP contribution in [0, 0.1) is 11.3 Å². The van der Waals surface area contributed by atoms with E-state index >= 15 is 0 Å². The van der Waals surface area contributed by atoms with Gasteiger partial charge in [-0.3, -0.25) is 0 Å². The van der Waals surface area contributed by atoms with E-state index in [1.165, 1.54) is 6.92 Å². The van der Waals surface area contributed by atoms with Crippen LogP contribution >= 0.6 is 21.1 Å². The van der Waals surface area contributed by atoms with Gasteiger partial charge in [0.1, 0.15) is 0 Å². The van der Waals surface area contributed by atoms with E-state index in [2.05, 4.69) is 48.7 Å². The normalized spacial score (nSPS) is 10.2. The first-order chi connectivity index (χ1) is 11.4. The Morgan fingerprint density at radius 3 is 2.29 bits per heavy atom. The van der Waals surface area contributed by atoms with E-state index in [1.54, 1.807) is 44.2 Å². The van der Waals surface area contributed by atoms with Crippen LogP contribution < -0.4 is 5.32 Å². The molecule has 0 saturated carbocycles. The van der Waals surface area contributed by atoms with Crippen molar-refractivity contribution in [1.82, 2.24) is 0 Å². The number of halogens is 2. The monoisotopic (exact) mass is 463 g/mol. The number of oxime groups is 1. The number of benzene rings is 1. The minimum atomic E-state index is -0.431. The molecule has 1 aromatic carbocycles. The Kier molecular flexibility index (Phi) is 16.6. The number of rotatable bonds is 5. The van der Waals surface area contributed by atoms with Crippen LogP contribution in [0.25, 0.3) is 5.43 Å². The van der Waals surface area contributed by atoms with Crippen LogP contribution in [0.3, 0.4) is 0 Å². The molecule has 0 bridgehead atoms. The summed E-state index contributed by atoms with van der Waals surface area (Å²) in [5, 5.41) is 26.0. The average Bonchev–Trinajstić information content (AvgIpc) is 2.60. The molecular formula is C14H17Cl2N5O2Pd. The quantitative estimate of drug-likeness (QED) is 0.296. The molecule has 0 unspecified atom stereocenters. The molecule has 0 aromatic heterocycles. The third kappa shape index (κ3) is 12.9. The second-order valence-corrected chi connectivity index (χ2v) is 4.39. The molecule has 0 aliphatic rings. The zero-order chi connectivity index (χ0) is 19.0. The van der Waals surface area contributed by atoms with Crippen LogP contribution in [0.1, 0.15) is 20.8 Å². The molecule has 134 valence electrons. The van der Waals surface area contributed by atoms with Crippen molar-refractivity contribution in [1.29, 1.82) is 5.26 Å². The van der Waals surface area contributed by atoms with Crippen LogP contribution in [0.15, 0.2) is 34.5 Å². The van der Waals surface area contributed by atoms with Gasteiger partial charge in [-0.15, -0.1) is 0 Å². The third-order valence-corrected chi connectivity index (χ3v) is 2.53. The van der Waals surface area contributed by atoms with Crippen molar-refractivity contribution in [3.8, 4) is 6.07 Å². The fourth-order valence-corrected chi connectivity index (χ4v) is 1.18. The Balaban J connectivity index is 0. The number of hydrogen-bond acceptors (Lipinski definition) is 6. The fourth-order valence-electron chi connectivity index (χ4n) is 1.06. The summed E-state index contributed by atoms with van der Waals surface area (Å²) >= 11 is 7.96. The van der Waals surface area contributed by atoms with Gasteiger partial charge in [-0.2, -0.15) is 5.26 Å². The maximum atomic E-state index is 11.4. The predicted molar refractivity (Wildman–Crippen MR) is 93.5 cm³/mol. The fraction of sp³-hybridized carbons (Fsp3) is 0.286. The number of nitrogens with zero attached hydrogens (tertiary/aromatic N) is 4. The molecule has 0 radical (unpaired) electrons. The van der Waals surface area contributed by atoms with Crippen molar-refractivity contribution in [2.45, 2.75) is 20.8 Å². The van der Waals surface area contributed by atoms with Gasteiger partial charge in [0.25, 0.3) is 0 Å². The first-order valence-electron chi connectivity index (χ1n) is 6.34. The Hall–Kier alpha value is -1.64. The van der Waals surface area contributed by atoms with Gasteiger partial charge in [0.15, 0.2) is 0 Å². The SMILES string of the molecule is CC#N.CC(=N/[N-]C(=O)CNc1ccc(Cl)cc1)/C(C)=N/O.[Cl][Pd+]. The van der Waals surface area contributed by atoms with Crippen LogP contribution in [-0.2, 0) is 23.0 Å². The second kappa shape index (κ2) is 16.2. The number of carbonyl (C=O) groups is 1. The average molecular weight is 465 g/mol. The number of amides is 1. The van der Waals surface area contributed by atoms with Crippen LogP contribution in [-0.4, -0.2) is 29.1 Å². The summed E-state index contributed by atoms with van der Waals surface area (Å²) in [5.74, 6) is -0.431. The summed E-state index contributed by atoms with van der Waals surface area (Å²) in [4.78, 5) is 11.4. The summed E-state index contributed by atoms with van der Waals surface area (Å²) in [6.07, 6.45) is 0. The Bertz CT molecular complexity index is 586. The first kappa shape index (κ1) is 24.6. The molecule has 0 aliphatic heterocycles. The van der Waals surface area contributed by atoms with E-state index < -0.39 is 5.91 Å². The number of anilines is 1. The van der Waals surface area contributed by atoms with E-state index in [0.717, 1.165) is 5.69 Å². The van der Waals surface area contributed by atoms with E-state index in [1.807, 2.05) is 0 Å². The molecule has 1 amide bonds. The molecule has 0 fully saturated rings. The van der Waals surface area contributed by atoms with E-state index in [-0.39, 0.29) is 6.54 Å². The molecule has 0 heterocycles. The molecule has 1 rings (SSSR count).